The highest BCUT2D eigenvalue weighted by molar-refractivity contribution is 5.85. The van der Waals surface area contributed by atoms with Crippen molar-refractivity contribution >= 4 is 11.8 Å². The largest absolute Gasteiger partial charge is 0.463 e. The average molecular weight is 250 g/mol. The highest BCUT2D eigenvalue weighted by Gasteiger charge is 2.20. The minimum Gasteiger partial charge on any atom is -0.463 e. The fourth-order valence-corrected chi connectivity index (χ4v) is 2.14. The van der Waals surface area contributed by atoms with E-state index in [4.69, 9.17) is 0 Å². The molecular formula is C12H18N4O2. The number of methoxy groups -OCH3 is 1. The number of ether oxygens (including phenoxy) is 1. The van der Waals surface area contributed by atoms with Crippen molar-refractivity contribution in [2.45, 2.75) is 18.9 Å². The van der Waals surface area contributed by atoms with Crippen LogP contribution in [-0.2, 0) is 4.74 Å². The van der Waals surface area contributed by atoms with Crippen LogP contribution in [0.3, 0.4) is 0 Å². The molecule has 1 aromatic heterocycles. The van der Waals surface area contributed by atoms with Crippen LogP contribution >= 0.6 is 0 Å². The lowest BCUT2D eigenvalue weighted by molar-refractivity contribution is 0.0586. The van der Waals surface area contributed by atoms with Crippen molar-refractivity contribution in [2.24, 2.45) is 0 Å². The lowest BCUT2D eigenvalue weighted by Gasteiger charge is -2.33. The number of carbonyl (C=O) groups excluding carboxylic acids is 1. The molecule has 0 saturated carbocycles. The first-order valence-corrected chi connectivity index (χ1v) is 6.08. The van der Waals surface area contributed by atoms with Crippen LogP contribution in [0, 0.1) is 0 Å². The molecule has 0 aliphatic carbocycles. The van der Waals surface area contributed by atoms with Crippen LogP contribution in [-0.4, -0.2) is 49.2 Å². The molecule has 6 heteroatoms. The van der Waals surface area contributed by atoms with Crippen molar-refractivity contribution in [1.29, 1.82) is 0 Å². The fraction of sp³-hybridized carbons (Fsp3) is 0.583. The Morgan fingerprint density at radius 3 is 3.17 bits per heavy atom. The van der Waals surface area contributed by atoms with Gasteiger partial charge in [-0.3, -0.25) is 0 Å². The van der Waals surface area contributed by atoms with Gasteiger partial charge >= 0.3 is 5.97 Å². The number of hydrogen-bond donors (Lipinski definition) is 1. The van der Waals surface area contributed by atoms with Crippen LogP contribution in [0.25, 0.3) is 0 Å². The Morgan fingerprint density at radius 2 is 2.44 bits per heavy atom. The molecule has 2 heterocycles. The molecule has 1 saturated heterocycles. The first-order valence-electron chi connectivity index (χ1n) is 6.08. The lowest BCUT2D eigenvalue weighted by Crippen LogP contribution is -2.44. The number of piperidine rings is 1. The number of rotatable bonds is 3. The smallest absolute Gasteiger partial charge is 0.376 e. The third-order valence-corrected chi connectivity index (χ3v) is 3.16. The van der Waals surface area contributed by atoms with Crippen molar-refractivity contribution in [3.63, 3.8) is 0 Å². The predicted molar refractivity (Wildman–Crippen MR) is 67.7 cm³/mol. The van der Waals surface area contributed by atoms with Crippen LogP contribution in [0.1, 0.15) is 23.5 Å². The van der Waals surface area contributed by atoms with E-state index in [1.54, 1.807) is 6.20 Å². The van der Waals surface area contributed by atoms with E-state index < -0.39 is 5.97 Å². The summed E-state index contributed by atoms with van der Waals surface area (Å²) in [6.07, 6.45) is 3.88. The van der Waals surface area contributed by atoms with Crippen molar-refractivity contribution in [3.8, 4) is 0 Å². The Morgan fingerprint density at radius 1 is 1.61 bits per heavy atom. The highest BCUT2D eigenvalue weighted by Crippen LogP contribution is 2.17. The molecule has 1 atom stereocenters. The molecule has 0 spiro atoms. The number of nitrogens with zero attached hydrogens (tertiary/aromatic N) is 3. The lowest BCUT2D eigenvalue weighted by atomic mass is 10.1. The van der Waals surface area contributed by atoms with Crippen LogP contribution < -0.4 is 10.2 Å². The van der Waals surface area contributed by atoms with E-state index in [-0.39, 0.29) is 5.82 Å². The number of carbonyl (C=O) groups is 1. The summed E-state index contributed by atoms with van der Waals surface area (Å²) in [6.45, 7) is 1.85. The van der Waals surface area contributed by atoms with E-state index in [1.165, 1.54) is 13.5 Å². The second-order valence-electron chi connectivity index (χ2n) is 4.30. The maximum atomic E-state index is 11.4. The van der Waals surface area contributed by atoms with Gasteiger partial charge < -0.3 is 15.0 Å². The molecule has 1 unspecified atom stereocenters. The number of esters is 1. The molecule has 18 heavy (non-hydrogen) atoms. The van der Waals surface area contributed by atoms with Crippen molar-refractivity contribution < 1.29 is 9.53 Å². The summed E-state index contributed by atoms with van der Waals surface area (Å²) < 4.78 is 4.63. The summed E-state index contributed by atoms with van der Waals surface area (Å²) in [5.74, 6) is 0.394. The first kappa shape index (κ1) is 12.8. The standard InChI is InChI=1S/C12H18N4O2/c1-13-9-4-3-7-16(8-9)10-5-6-14-11(15-10)12(17)18-2/h5-6,9,13H,3-4,7-8H2,1-2H3. The van der Waals surface area contributed by atoms with E-state index in [2.05, 4.69) is 24.9 Å². The average Bonchev–Trinajstić information content (AvgIpc) is 2.46. The van der Waals surface area contributed by atoms with Crippen LogP contribution in [0.15, 0.2) is 12.3 Å². The molecule has 1 aliphatic heterocycles. The monoisotopic (exact) mass is 250 g/mol. The van der Waals surface area contributed by atoms with E-state index >= 15 is 0 Å². The summed E-state index contributed by atoms with van der Waals surface area (Å²) >= 11 is 0. The van der Waals surface area contributed by atoms with E-state index in [0.29, 0.717) is 6.04 Å². The molecule has 98 valence electrons. The third-order valence-electron chi connectivity index (χ3n) is 3.16. The van der Waals surface area contributed by atoms with Crippen molar-refractivity contribution in [1.82, 2.24) is 15.3 Å². The van der Waals surface area contributed by atoms with Gasteiger partial charge in [-0.15, -0.1) is 0 Å². The van der Waals surface area contributed by atoms with Gasteiger partial charge in [-0.1, -0.05) is 0 Å². The van der Waals surface area contributed by atoms with E-state index in [0.717, 1.165) is 25.3 Å². The van der Waals surface area contributed by atoms with Gasteiger partial charge in [-0.25, -0.2) is 14.8 Å². The van der Waals surface area contributed by atoms with Crippen LogP contribution in [0.5, 0.6) is 0 Å². The molecule has 0 radical (unpaired) electrons. The number of hydrogen-bond acceptors (Lipinski definition) is 6. The molecule has 0 bridgehead atoms. The minimum absolute atomic E-state index is 0.113. The second kappa shape index (κ2) is 5.77. The van der Waals surface area contributed by atoms with E-state index in [9.17, 15) is 4.79 Å². The van der Waals surface area contributed by atoms with Gasteiger partial charge in [0.1, 0.15) is 5.82 Å². The Bertz CT molecular complexity index is 424. The zero-order valence-electron chi connectivity index (χ0n) is 10.7. The normalized spacial score (nSPS) is 19.7. The van der Waals surface area contributed by atoms with Crippen LogP contribution in [0.2, 0.25) is 0 Å². The predicted octanol–water partition coefficient (Wildman–Crippen LogP) is 0.451. The summed E-state index contributed by atoms with van der Waals surface area (Å²) in [6, 6.07) is 2.29. The third kappa shape index (κ3) is 2.76. The molecular weight excluding hydrogens is 232 g/mol. The van der Waals surface area contributed by atoms with Gasteiger partial charge in [0.05, 0.1) is 7.11 Å². The number of likely N-dealkylation sites (N-methyl/N-ethyl adjacent to an activating group) is 1. The zero-order valence-corrected chi connectivity index (χ0v) is 10.7. The Kier molecular flexibility index (Phi) is 4.09. The minimum atomic E-state index is -0.501. The van der Waals surface area contributed by atoms with Gasteiger partial charge in [0, 0.05) is 25.3 Å². The molecule has 0 aromatic carbocycles. The van der Waals surface area contributed by atoms with Gasteiger partial charge in [-0.2, -0.15) is 0 Å². The molecule has 0 amide bonds. The number of nitrogens with one attached hydrogen (secondary N) is 1. The summed E-state index contributed by atoms with van der Waals surface area (Å²) in [5, 5.41) is 3.28. The van der Waals surface area contributed by atoms with Gasteiger partial charge in [0.15, 0.2) is 0 Å². The number of aromatic nitrogens is 2. The molecule has 1 N–H and O–H groups in total. The van der Waals surface area contributed by atoms with Gasteiger partial charge in [0.25, 0.3) is 0 Å². The van der Waals surface area contributed by atoms with Gasteiger partial charge in [-0.05, 0) is 26.0 Å². The topological polar surface area (TPSA) is 67.4 Å². The molecule has 1 aliphatic rings. The van der Waals surface area contributed by atoms with Crippen molar-refractivity contribution in [3.05, 3.63) is 18.1 Å². The maximum Gasteiger partial charge on any atom is 0.376 e. The Labute approximate surface area is 106 Å². The van der Waals surface area contributed by atoms with Crippen LogP contribution in [0.4, 0.5) is 5.82 Å². The first-order chi connectivity index (χ1) is 8.74. The SMILES string of the molecule is CNC1CCCN(c2ccnc(C(=O)OC)n2)C1. The Hall–Kier alpha value is -1.69. The highest BCUT2D eigenvalue weighted by atomic mass is 16.5. The molecule has 2 rings (SSSR count). The second-order valence-corrected chi connectivity index (χ2v) is 4.30. The van der Waals surface area contributed by atoms with E-state index in [1.807, 2.05) is 13.1 Å². The van der Waals surface area contributed by atoms with Crippen molar-refractivity contribution in [2.75, 3.05) is 32.1 Å². The quantitative estimate of drug-likeness (QED) is 0.786. The summed E-state index contributed by atoms with van der Waals surface area (Å²) in [4.78, 5) is 21.7. The summed E-state index contributed by atoms with van der Waals surface area (Å²) in [5.41, 5.74) is 0. The Balaban J connectivity index is 2.15. The van der Waals surface area contributed by atoms with Gasteiger partial charge in [0.2, 0.25) is 5.82 Å². The zero-order chi connectivity index (χ0) is 13.0. The molecule has 6 nitrogen and oxygen atoms in total. The fourth-order valence-electron chi connectivity index (χ4n) is 2.14. The summed E-state index contributed by atoms with van der Waals surface area (Å²) in [7, 11) is 3.30. The molecule has 1 fully saturated rings. The molecule has 1 aromatic rings. The number of anilines is 1. The maximum absolute atomic E-state index is 11.4.